The van der Waals surface area contributed by atoms with Crippen LogP contribution in [0.5, 0.6) is 0 Å². The molecule has 2 heterocycles. The summed E-state index contributed by atoms with van der Waals surface area (Å²) >= 11 is 0. The Hall–Kier alpha value is -1.93. The molecule has 0 aromatic carbocycles. The summed E-state index contributed by atoms with van der Waals surface area (Å²) in [5, 5.41) is 2.96. The summed E-state index contributed by atoms with van der Waals surface area (Å²) in [6, 6.07) is 0. The van der Waals surface area contributed by atoms with Crippen LogP contribution in [0, 0.1) is 17.3 Å². The van der Waals surface area contributed by atoms with Crippen LogP contribution in [-0.4, -0.2) is 68.3 Å². The molecule has 1 saturated heterocycles. The smallest absolute Gasteiger partial charge is 0.320 e. The summed E-state index contributed by atoms with van der Waals surface area (Å²) in [6.45, 7) is 8.67. The van der Waals surface area contributed by atoms with Crippen LogP contribution in [0.25, 0.3) is 0 Å². The maximum absolute atomic E-state index is 14.0. The number of ether oxygens (including phenoxy) is 3. The molecule has 1 N–H and O–H groups in total. The molecule has 0 aromatic heterocycles. The van der Waals surface area contributed by atoms with Crippen LogP contribution in [0.15, 0.2) is 11.8 Å². The van der Waals surface area contributed by atoms with E-state index < -0.39 is 17.4 Å². The lowest BCUT2D eigenvalue weighted by Crippen LogP contribution is -2.60. The number of rotatable bonds is 18. The van der Waals surface area contributed by atoms with Crippen molar-refractivity contribution in [1.82, 2.24) is 10.2 Å². The summed E-state index contributed by atoms with van der Waals surface area (Å²) in [4.78, 5) is 42.5. The third-order valence-corrected chi connectivity index (χ3v) is 9.32. The number of amides is 2. The van der Waals surface area contributed by atoms with Crippen molar-refractivity contribution in [3.05, 3.63) is 11.8 Å². The van der Waals surface area contributed by atoms with Gasteiger partial charge in [0.25, 0.3) is 0 Å². The zero-order valence-electron chi connectivity index (χ0n) is 26.2. The number of hydrogen-bond acceptors (Lipinski definition) is 6. The Morgan fingerprint density at radius 3 is 2.41 bits per heavy atom. The predicted octanol–water partition coefficient (Wildman–Crippen LogP) is 5.93. The molecule has 8 nitrogen and oxygen atoms in total. The molecular weight excluding hydrogens is 520 g/mol. The Kier molecular flexibility index (Phi) is 14.1. The molecular formula is C33H56N2O6. The minimum atomic E-state index is -1.10. The van der Waals surface area contributed by atoms with Crippen LogP contribution in [0.1, 0.15) is 117 Å². The average Bonchev–Trinajstić information content (AvgIpc) is 3.51. The molecule has 3 aliphatic rings. The molecule has 2 aliphatic heterocycles. The zero-order valence-corrected chi connectivity index (χ0v) is 26.2. The number of unbranched alkanes of at least 4 members (excludes halogenated alkanes) is 6. The van der Waals surface area contributed by atoms with Crippen LogP contribution in [-0.2, 0) is 28.6 Å². The van der Waals surface area contributed by atoms with Gasteiger partial charge >= 0.3 is 5.97 Å². The number of carbonyl (C=O) groups excluding carboxylic acids is 3. The van der Waals surface area contributed by atoms with Gasteiger partial charge in [-0.25, -0.2) is 0 Å². The molecule has 0 spiro atoms. The van der Waals surface area contributed by atoms with Crippen LogP contribution in [0.4, 0.5) is 0 Å². The predicted molar refractivity (Wildman–Crippen MR) is 160 cm³/mol. The minimum Gasteiger partial charge on any atom is -0.468 e. The summed E-state index contributed by atoms with van der Waals surface area (Å²) < 4.78 is 17.5. The van der Waals surface area contributed by atoms with E-state index in [0.717, 1.165) is 63.7 Å². The first-order valence-electron chi connectivity index (χ1n) is 16.5. The fourth-order valence-electron chi connectivity index (χ4n) is 6.88. The van der Waals surface area contributed by atoms with Crippen molar-refractivity contribution in [2.75, 3.05) is 33.4 Å². The molecule has 4 atom stereocenters. The standard InChI is InChI=1S/C33H56N2O6/c1-5-7-9-10-11-14-19-35-29-23-28(26-16-12-13-17-26)41-25(3)33(29,32(38)39-4)24-27(31(35)37)22-30(36)34-18-15-21-40-20-8-6-2/h23,25-28H,5-22,24H2,1-4H3,(H,34,36)/t25-,27+,28-,33+/m1/s1. The third kappa shape index (κ3) is 8.79. The molecule has 234 valence electrons. The first-order valence-corrected chi connectivity index (χ1v) is 16.5. The SMILES string of the molecule is CCCCCCCCN1C(=O)[C@@H](CC(=O)NCCCOCCCC)C[C@@]2(C(=O)OC)C1=C[C@H](C1CCCC1)O[C@@H]2C. The van der Waals surface area contributed by atoms with E-state index in [1.165, 1.54) is 39.2 Å². The number of likely N-dealkylation sites (tertiary alicyclic amines) is 1. The first kappa shape index (κ1) is 33.6. The van der Waals surface area contributed by atoms with Gasteiger partial charge in [0.2, 0.25) is 11.8 Å². The van der Waals surface area contributed by atoms with Crippen molar-refractivity contribution >= 4 is 17.8 Å². The van der Waals surface area contributed by atoms with E-state index >= 15 is 0 Å². The molecule has 0 unspecified atom stereocenters. The maximum Gasteiger partial charge on any atom is 0.320 e. The van der Waals surface area contributed by atoms with E-state index in [9.17, 15) is 14.4 Å². The number of nitrogens with one attached hydrogen (secondary N) is 1. The lowest BCUT2D eigenvalue weighted by molar-refractivity contribution is -0.177. The monoisotopic (exact) mass is 576 g/mol. The molecule has 2 amide bonds. The average molecular weight is 577 g/mol. The van der Waals surface area contributed by atoms with E-state index in [0.29, 0.717) is 25.6 Å². The van der Waals surface area contributed by atoms with E-state index in [2.05, 4.69) is 25.2 Å². The van der Waals surface area contributed by atoms with Crippen LogP contribution in [0.2, 0.25) is 0 Å². The van der Waals surface area contributed by atoms with Gasteiger partial charge in [0.05, 0.1) is 19.3 Å². The van der Waals surface area contributed by atoms with Gasteiger partial charge in [0.1, 0.15) is 5.41 Å². The number of carbonyl (C=O) groups is 3. The quantitative estimate of drug-likeness (QED) is 0.161. The second-order valence-electron chi connectivity index (χ2n) is 12.3. The highest BCUT2D eigenvalue weighted by Crippen LogP contribution is 2.51. The van der Waals surface area contributed by atoms with Crippen molar-refractivity contribution in [3.63, 3.8) is 0 Å². The Bertz CT molecular complexity index is 870. The highest BCUT2D eigenvalue weighted by molar-refractivity contribution is 5.92. The van der Waals surface area contributed by atoms with Crippen molar-refractivity contribution in [2.45, 2.75) is 129 Å². The molecule has 0 radical (unpaired) electrons. The number of fused-ring (bicyclic) bond motifs is 1. The fraction of sp³-hybridized carbons (Fsp3) is 0.848. The summed E-state index contributed by atoms with van der Waals surface area (Å²) in [7, 11) is 1.41. The van der Waals surface area contributed by atoms with Crippen molar-refractivity contribution < 1.29 is 28.6 Å². The Morgan fingerprint density at radius 2 is 1.71 bits per heavy atom. The van der Waals surface area contributed by atoms with E-state index in [4.69, 9.17) is 14.2 Å². The zero-order chi connectivity index (χ0) is 29.7. The Balaban J connectivity index is 1.78. The molecule has 0 bridgehead atoms. The van der Waals surface area contributed by atoms with Crippen LogP contribution < -0.4 is 5.32 Å². The highest BCUT2D eigenvalue weighted by atomic mass is 16.5. The molecule has 41 heavy (non-hydrogen) atoms. The molecule has 1 saturated carbocycles. The number of esters is 1. The van der Waals surface area contributed by atoms with Gasteiger partial charge in [-0.15, -0.1) is 0 Å². The van der Waals surface area contributed by atoms with Crippen molar-refractivity contribution in [1.29, 1.82) is 0 Å². The lowest BCUT2D eigenvalue weighted by atomic mass is 9.66. The van der Waals surface area contributed by atoms with Gasteiger partial charge < -0.3 is 24.4 Å². The van der Waals surface area contributed by atoms with Gasteiger partial charge in [-0.1, -0.05) is 65.2 Å². The Morgan fingerprint density at radius 1 is 1.02 bits per heavy atom. The third-order valence-electron chi connectivity index (χ3n) is 9.32. The van der Waals surface area contributed by atoms with Gasteiger partial charge in [-0.2, -0.15) is 0 Å². The van der Waals surface area contributed by atoms with E-state index in [-0.39, 0.29) is 36.7 Å². The number of nitrogens with zero attached hydrogens (tertiary/aromatic N) is 1. The maximum atomic E-state index is 14.0. The molecule has 3 rings (SSSR count). The molecule has 1 aliphatic carbocycles. The van der Waals surface area contributed by atoms with Gasteiger partial charge in [-0.3, -0.25) is 14.4 Å². The highest BCUT2D eigenvalue weighted by Gasteiger charge is 2.59. The van der Waals surface area contributed by atoms with Crippen molar-refractivity contribution in [2.24, 2.45) is 17.3 Å². The summed E-state index contributed by atoms with van der Waals surface area (Å²) in [5.74, 6) is -0.808. The van der Waals surface area contributed by atoms with Gasteiger partial charge in [0.15, 0.2) is 0 Å². The fourth-order valence-corrected chi connectivity index (χ4v) is 6.88. The number of methoxy groups -OCH3 is 1. The minimum absolute atomic E-state index is 0.0489. The Labute approximate surface area is 248 Å². The largest absolute Gasteiger partial charge is 0.468 e. The van der Waals surface area contributed by atoms with Gasteiger partial charge in [0, 0.05) is 44.3 Å². The molecule has 0 aromatic rings. The second kappa shape index (κ2) is 17.3. The van der Waals surface area contributed by atoms with Crippen LogP contribution in [0.3, 0.4) is 0 Å². The van der Waals surface area contributed by atoms with E-state index in [1.807, 2.05) is 11.8 Å². The normalized spacial score (nSPS) is 26.5. The van der Waals surface area contributed by atoms with E-state index in [1.54, 1.807) is 0 Å². The van der Waals surface area contributed by atoms with Gasteiger partial charge in [-0.05, 0) is 57.4 Å². The summed E-state index contributed by atoms with van der Waals surface area (Å²) in [6.07, 6.45) is 15.8. The summed E-state index contributed by atoms with van der Waals surface area (Å²) in [5.41, 5.74) is -0.350. The van der Waals surface area contributed by atoms with Crippen LogP contribution >= 0.6 is 0 Å². The lowest BCUT2D eigenvalue weighted by Gasteiger charge is -2.52. The number of piperidine rings is 1. The molecule has 2 fully saturated rings. The molecule has 8 heteroatoms. The van der Waals surface area contributed by atoms with Crippen molar-refractivity contribution in [3.8, 4) is 0 Å². The number of hydrogen-bond donors (Lipinski definition) is 1. The first-order chi connectivity index (χ1) is 19.9. The topological polar surface area (TPSA) is 94.2 Å². The second-order valence-corrected chi connectivity index (χ2v) is 12.3.